The summed E-state index contributed by atoms with van der Waals surface area (Å²) >= 11 is 6.43. The van der Waals surface area contributed by atoms with Crippen LogP contribution in [-0.4, -0.2) is 30.5 Å². The average Bonchev–Trinajstić information content (AvgIpc) is 3.07. The number of carbonyl (C=O) groups is 1. The smallest absolute Gasteiger partial charge is 0.181 e. The molecular weight excluding hydrogens is 364 g/mol. The predicted molar refractivity (Wildman–Crippen MR) is 104 cm³/mol. The molecule has 0 aliphatic rings. The number of nitrogens with two attached hydrogens (primary N) is 1. The van der Waals surface area contributed by atoms with Crippen LogP contribution in [0.25, 0.3) is 33.5 Å². The van der Waals surface area contributed by atoms with Crippen molar-refractivity contribution in [1.29, 1.82) is 0 Å². The molecule has 3 aromatic heterocycles. The third-order valence-corrected chi connectivity index (χ3v) is 4.43. The molecule has 0 atom stereocenters. The van der Waals surface area contributed by atoms with E-state index in [-0.39, 0.29) is 17.3 Å². The van der Waals surface area contributed by atoms with E-state index >= 15 is 0 Å². The summed E-state index contributed by atoms with van der Waals surface area (Å²) in [5.74, 6) is -0.192. The number of ketones is 1. The minimum atomic E-state index is -0.262. The van der Waals surface area contributed by atoms with Crippen molar-refractivity contribution in [1.82, 2.24) is 24.7 Å². The summed E-state index contributed by atoms with van der Waals surface area (Å²) in [7, 11) is 1.81. The molecule has 2 N–H and O–H groups in total. The van der Waals surface area contributed by atoms with Crippen LogP contribution in [0.15, 0.2) is 42.7 Å². The molecule has 0 radical (unpaired) electrons. The lowest BCUT2D eigenvalue weighted by Crippen LogP contribution is -2.09. The highest BCUT2D eigenvalue weighted by atomic mass is 35.5. The Morgan fingerprint density at radius 1 is 1.19 bits per heavy atom. The van der Waals surface area contributed by atoms with Gasteiger partial charge in [-0.15, -0.1) is 0 Å². The number of benzene rings is 1. The predicted octanol–water partition coefficient (Wildman–Crippen LogP) is 3.53. The highest BCUT2D eigenvalue weighted by Gasteiger charge is 2.20. The van der Waals surface area contributed by atoms with E-state index < -0.39 is 0 Å². The normalized spacial score (nSPS) is 11.1. The van der Waals surface area contributed by atoms with Crippen molar-refractivity contribution < 1.29 is 4.79 Å². The Kier molecular flexibility index (Phi) is 4.08. The second kappa shape index (κ2) is 6.44. The fourth-order valence-corrected chi connectivity index (χ4v) is 3.19. The maximum atomic E-state index is 11.9. The van der Waals surface area contributed by atoms with Gasteiger partial charge in [0.05, 0.1) is 16.2 Å². The average molecular weight is 379 g/mol. The number of aryl methyl sites for hydroxylation is 1. The number of halogens is 1. The van der Waals surface area contributed by atoms with Crippen molar-refractivity contribution in [3.63, 3.8) is 0 Å². The van der Waals surface area contributed by atoms with Crippen LogP contribution in [0.4, 0.5) is 5.82 Å². The second-order valence-corrected chi connectivity index (χ2v) is 6.53. The van der Waals surface area contributed by atoms with E-state index in [4.69, 9.17) is 17.3 Å². The molecule has 0 fully saturated rings. The van der Waals surface area contributed by atoms with Crippen LogP contribution in [0.5, 0.6) is 0 Å². The van der Waals surface area contributed by atoms with E-state index in [1.807, 2.05) is 31.3 Å². The largest absolute Gasteiger partial charge is 0.382 e. The molecule has 0 spiro atoms. The van der Waals surface area contributed by atoms with Crippen LogP contribution in [0.1, 0.15) is 17.4 Å². The molecule has 0 aliphatic heterocycles. The summed E-state index contributed by atoms with van der Waals surface area (Å²) in [6.45, 7) is 1.40. The number of fused-ring (bicyclic) bond motifs is 1. The zero-order chi connectivity index (χ0) is 19.1. The Balaban J connectivity index is 2.03. The van der Waals surface area contributed by atoms with E-state index in [2.05, 4.69) is 20.1 Å². The number of aromatic nitrogens is 5. The lowest BCUT2D eigenvalue weighted by molar-refractivity contribution is 0.101. The molecule has 134 valence electrons. The van der Waals surface area contributed by atoms with Gasteiger partial charge in [0.25, 0.3) is 0 Å². The van der Waals surface area contributed by atoms with Crippen LogP contribution < -0.4 is 5.73 Å². The fraction of sp³-hybridized carbons (Fsp3) is 0.105. The molecular formula is C19H15ClN6O. The van der Waals surface area contributed by atoms with Crippen LogP contribution in [-0.2, 0) is 7.05 Å². The van der Waals surface area contributed by atoms with Gasteiger partial charge < -0.3 is 5.73 Å². The summed E-state index contributed by atoms with van der Waals surface area (Å²) in [6.07, 6.45) is 3.48. The quantitative estimate of drug-likeness (QED) is 0.547. The van der Waals surface area contributed by atoms with Crippen molar-refractivity contribution in [2.75, 3.05) is 5.73 Å². The Labute approximate surface area is 159 Å². The summed E-state index contributed by atoms with van der Waals surface area (Å²) in [5, 5.41) is 5.74. The van der Waals surface area contributed by atoms with Crippen molar-refractivity contribution in [3.05, 3.63) is 53.4 Å². The summed E-state index contributed by atoms with van der Waals surface area (Å²) in [5.41, 5.74) is 9.05. The van der Waals surface area contributed by atoms with Gasteiger partial charge in [-0.3, -0.25) is 14.5 Å². The topological polar surface area (TPSA) is 99.6 Å². The first-order chi connectivity index (χ1) is 12.9. The molecule has 4 rings (SSSR count). The summed E-state index contributed by atoms with van der Waals surface area (Å²) in [6, 6.07) is 9.22. The molecule has 0 saturated heterocycles. The Bertz CT molecular complexity index is 1200. The van der Waals surface area contributed by atoms with Crippen molar-refractivity contribution in [3.8, 4) is 22.6 Å². The van der Waals surface area contributed by atoms with E-state index in [9.17, 15) is 4.79 Å². The molecule has 0 amide bonds. The zero-order valence-corrected chi connectivity index (χ0v) is 15.4. The monoisotopic (exact) mass is 378 g/mol. The van der Waals surface area contributed by atoms with E-state index in [1.54, 1.807) is 23.1 Å². The number of nitrogen functional groups attached to an aromatic ring is 1. The van der Waals surface area contributed by atoms with Gasteiger partial charge in [-0.1, -0.05) is 17.7 Å². The van der Waals surface area contributed by atoms with E-state index in [0.717, 1.165) is 5.39 Å². The maximum Gasteiger partial charge on any atom is 0.181 e. The molecule has 0 saturated carbocycles. The fourth-order valence-electron chi connectivity index (χ4n) is 2.91. The first kappa shape index (κ1) is 17.1. The molecule has 3 heterocycles. The van der Waals surface area contributed by atoms with Gasteiger partial charge in [0.15, 0.2) is 11.6 Å². The van der Waals surface area contributed by atoms with Crippen molar-refractivity contribution >= 4 is 34.1 Å². The van der Waals surface area contributed by atoms with Gasteiger partial charge in [-0.05, 0) is 24.3 Å². The van der Waals surface area contributed by atoms with Crippen molar-refractivity contribution in [2.24, 2.45) is 7.05 Å². The summed E-state index contributed by atoms with van der Waals surface area (Å²) in [4.78, 5) is 25.2. The van der Waals surface area contributed by atoms with Gasteiger partial charge in [0.2, 0.25) is 0 Å². The van der Waals surface area contributed by atoms with E-state index in [0.29, 0.717) is 33.2 Å². The third kappa shape index (κ3) is 3.02. The lowest BCUT2D eigenvalue weighted by atomic mass is 10.0. The van der Waals surface area contributed by atoms with Gasteiger partial charge in [0, 0.05) is 37.3 Å². The SMILES string of the molecule is CC(=O)c1nc(-c2cc(Cl)c3ncccc3c2)c(-c2ccn(C)n2)nc1N. The minimum Gasteiger partial charge on any atom is -0.382 e. The molecule has 27 heavy (non-hydrogen) atoms. The molecule has 8 heteroatoms. The Hall–Kier alpha value is -3.32. The molecule has 7 nitrogen and oxygen atoms in total. The highest BCUT2D eigenvalue weighted by Crippen LogP contribution is 2.34. The number of hydrogen-bond donors (Lipinski definition) is 1. The number of rotatable bonds is 3. The van der Waals surface area contributed by atoms with Crippen molar-refractivity contribution in [2.45, 2.75) is 6.92 Å². The van der Waals surface area contributed by atoms with Crippen LogP contribution in [0.3, 0.4) is 0 Å². The second-order valence-electron chi connectivity index (χ2n) is 6.12. The molecule has 0 aliphatic carbocycles. The number of anilines is 1. The Morgan fingerprint density at radius 2 is 2.00 bits per heavy atom. The number of pyridine rings is 1. The molecule has 0 unspecified atom stereocenters. The Morgan fingerprint density at radius 3 is 2.70 bits per heavy atom. The van der Waals surface area contributed by atoms with Crippen LogP contribution in [0.2, 0.25) is 5.02 Å². The first-order valence-corrected chi connectivity index (χ1v) is 8.55. The minimum absolute atomic E-state index is 0.0699. The standard InChI is InChI=1S/C19H15ClN6O/c1-10(27)15-19(21)24-18(14-5-7-26(2)25-14)17(23-15)12-8-11-4-3-6-22-16(11)13(20)9-12/h3-9H,1-2H3,(H2,21,24). The first-order valence-electron chi connectivity index (χ1n) is 8.17. The van der Waals surface area contributed by atoms with Gasteiger partial charge >= 0.3 is 0 Å². The number of Topliss-reactive ketones (excluding diaryl/α,β-unsaturated/α-hetero) is 1. The molecule has 1 aromatic carbocycles. The zero-order valence-electron chi connectivity index (χ0n) is 14.6. The van der Waals surface area contributed by atoms with Crippen LogP contribution >= 0.6 is 11.6 Å². The lowest BCUT2D eigenvalue weighted by Gasteiger charge is -2.11. The maximum absolute atomic E-state index is 11.9. The molecule has 4 aromatic rings. The van der Waals surface area contributed by atoms with Gasteiger partial charge in [-0.2, -0.15) is 5.10 Å². The third-order valence-electron chi connectivity index (χ3n) is 4.14. The van der Waals surface area contributed by atoms with Gasteiger partial charge in [-0.25, -0.2) is 9.97 Å². The number of nitrogens with zero attached hydrogens (tertiary/aromatic N) is 5. The number of hydrogen-bond acceptors (Lipinski definition) is 6. The number of carbonyl (C=O) groups excluding carboxylic acids is 1. The highest BCUT2D eigenvalue weighted by molar-refractivity contribution is 6.35. The summed E-state index contributed by atoms with van der Waals surface area (Å²) < 4.78 is 1.66. The van der Waals surface area contributed by atoms with Crippen LogP contribution in [0, 0.1) is 0 Å². The van der Waals surface area contributed by atoms with E-state index in [1.165, 1.54) is 6.92 Å². The molecule has 0 bridgehead atoms. The van der Waals surface area contributed by atoms with Gasteiger partial charge in [0.1, 0.15) is 17.1 Å².